The van der Waals surface area contributed by atoms with Gasteiger partial charge in [0.1, 0.15) is 17.7 Å². The van der Waals surface area contributed by atoms with Crippen molar-refractivity contribution in [1.29, 1.82) is 0 Å². The number of carbonyl (C=O) groups is 2. The molecule has 0 fully saturated rings. The zero-order valence-electron chi connectivity index (χ0n) is 12.4. The van der Waals surface area contributed by atoms with Crippen molar-refractivity contribution in [1.82, 2.24) is 10.6 Å². The lowest BCUT2D eigenvalue weighted by atomic mass is 10.1. The molecule has 1 heterocycles. The predicted octanol–water partition coefficient (Wildman–Crippen LogP) is 2.50. The van der Waals surface area contributed by atoms with Gasteiger partial charge in [-0.25, -0.2) is 8.78 Å². The van der Waals surface area contributed by atoms with Gasteiger partial charge in [-0.05, 0) is 42.5 Å². The molecule has 0 aliphatic carbocycles. The van der Waals surface area contributed by atoms with Crippen molar-refractivity contribution in [3.63, 3.8) is 0 Å². The summed E-state index contributed by atoms with van der Waals surface area (Å²) < 4.78 is 26.1. The maximum atomic E-state index is 13.0. The molecule has 0 aliphatic heterocycles. The van der Waals surface area contributed by atoms with E-state index in [1.54, 1.807) is 24.4 Å². The summed E-state index contributed by atoms with van der Waals surface area (Å²) in [6.07, 6.45) is 0.298. The van der Waals surface area contributed by atoms with Gasteiger partial charge in [-0.15, -0.1) is 11.3 Å². The Balaban J connectivity index is 1.78. The van der Waals surface area contributed by atoms with Gasteiger partial charge in [-0.3, -0.25) is 9.59 Å². The van der Waals surface area contributed by atoms with Crippen LogP contribution < -0.4 is 10.6 Å². The lowest BCUT2D eigenvalue weighted by Gasteiger charge is -2.13. The van der Waals surface area contributed by atoms with E-state index >= 15 is 0 Å². The Labute approximate surface area is 136 Å². The lowest BCUT2D eigenvalue weighted by molar-refractivity contribution is -0.122. The number of halogens is 2. The maximum absolute atomic E-state index is 13.0. The highest BCUT2D eigenvalue weighted by atomic mass is 32.1. The first-order valence-corrected chi connectivity index (χ1v) is 7.90. The van der Waals surface area contributed by atoms with Gasteiger partial charge in [0, 0.05) is 12.6 Å². The van der Waals surface area contributed by atoms with Gasteiger partial charge in [0.05, 0.1) is 4.88 Å². The third kappa shape index (κ3) is 5.14. The van der Waals surface area contributed by atoms with Crippen molar-refractivity contribution in [3.05, 3.63) is 57.8 Å². The van der Waals surface area contributed by atoms with Crippen molar-refractivity contribution in [3.8, 4) is 0 Å². The van der Waals surface area contributed by atoms with Gasteiger partial charge in [0.25, 0.3) is 5.91 Å². The minimum absolute atomic E-state index is 0.223. The molecule has 0 bridgehead atoms. The second-order valence-corrected chi connectivity index (χ2v) is 5.94. The molecule has 122 valence electrons. The fraction of sp³-hybridized carbons (Fsp3) is 0.250. The van der Waals surface area contributed by atoms with Crippen LogP contribution in [0.2, 0.25) is 0 Å². The topological polar surface area (TPSA) is 58.2 Å². The fourth-order valence-electron chi connectivity index (χ4n) is 1.98. The number of nitrogens with one attached hydrogen (secondary N) is 2. The van der Waals surface area contributed by atoms with Crippen LogP contribution in [-0.2, 0) is 11.2 Å². The molecule has 0 saturated carbocycles. The summed E-state index contributed by atoms with van der Waals surface area (Å²) in [5, 5.41) is 6.99. The van der Waals surface area contributed by atoms with Crippen LogP contribution in [0, 0.1) is 11.6 Å². The normalized spacial score (nSPS) is 11.8. The van der Waals surface area contributed by atoms with E-state index in [0.29, 0.717) is 16.9 Å². The summed E-state index contributed by atoms with van der Waals surface area (Å²) in [4.78, 5) is 24.3. The summed E-state index contributed by atoms with van der Waals surface area (Å²) in [6, 6.07) is 5.96. The summed E-state index contributed by atoms with van der Waals surface area (Å²) >= 11 is 1.29. The molecular formula is C16H16F2N2O2S. The molecule has 4 nitrogen and oxygen atoms in total. The van der Waals surface area contributed by atoms with Crippen LogP contribution in [0.4, 0.5) is 8.78 Å². The Hall–Kier alpha value is -2.28. The molecule has 2 amide bonds. The number of hydrogen-bond donors (Lipinski definition) is 2. The van der Waals surface area contributed by atoms with Crippen LogP contribution in [0.5, 0.6) is 0 Å². The van der Waals surface area contributed by atoms with Gasteiger partial charge in [0.15, 0.2) is 0 Å². The van der Waals surface area contributed by atoms with E-state index in [2.05, 4.69) is 10.6 Å². The van der Waals surface area contributed by atoms with Crippen LogP contribution in [0.15, 0.2) is 35.7 Å². The average Bonchev–Trinajstić information content (AvgIpc) is 3.00. The minimum atomic E-state index is -0.700. The largest absolute Gasteiger partial charge is 0.354 e. The number of benzene rings is 1. The summed E-state index contributed by atoms with van der Waals surface area (Å²) in [7, 11) is 0. The van der Waals surface area contributed by atoms with Crippen molar-refractivity contribution in [2.24, 2.45) is 0 Å². The monoisotopic (exact) mass is 338 g/mol. The first-order chi connectivity index (χ1) is 11.0. The van der Waals surface area contributed by atoms with Crippen molar-refractivity contribution in [2.75, 3.05) is 6.54 Å². The molecule has 1 aromatic carbocycles. The molecule has 0 radical (unpaired) electrons. The standard InChI is InChI=1S/C16H16F2N2O2S/c1-10(20-16(22)14-3-2-6-23-14)15(21)19-5-4-11-7-12(17)9-13(18)8-11/h2-3,6-10H,4-5H2,1H3,(H,19,21)(H,20,22)/t10-/m0/s1. The molecule has 0 spiro atoms. The van der Waals surface area contributed by atoms with E-state index in [1.165, 1.54) is 23.5 Å². The van der Waals surface area contributed by atoms with E-state index < -0.39 is 17.7 Å². The SMILES string of the molecule is C[C@H](NC(=O)c1cccs1)C(=O)NCCc1cc(F)cc(F)c1. The summed E-state index contributed by atoms with van der Waals surface area (Å²) in [5.41, 5.74) is 0.457. The zero-order valence-corrected chi connectivity index (χ0v) is 13.3. The summed E-state index contributed by atoms with van der Waals surface area (Å²) in [6.45, 7) is 1.80. The highest BCUT2D eigenvalue weighted by Gasteiger charge is 2.16. The third-order valence-corrected chi connectivity index (χ3v) is 3.99. The molecule has 0 unspecified atom stereocenters. The van der Waals surface area contributed by atoms with Crippen LogP contribution in [0.3, 0.4) is 0 Å². The van der Waals surface area contributed by atoms with Gasteiger partial charge < -0.3 is 10.6 Å². The Morgan fingerprint density at radius 3 is 2.52 bits per heavy atom. The Kier molecular flexibility index (Phi) is 5.81. The van der Waals surface area contributed by atoms with Crippen LogP contribution >= 0.6 is 11.3 Å². The van der Waals surface area contributed by atoms with E-state index in [1.807, 2.05) is 0 Å². The molecule has 7 heteroatoms. The summed E-state index contributed by atoms with van der Waals surface area (Å²) in [5.74, 6) is -1.97. The third-order valence-electron chi connectivity index (χ3n) is 3.12. The molecule has 1 aromatic heterocycles. The van der Waals surface area contributed by atoms with Crippen LogP contribution in [0.25, 0.3) is 0 Å². The maximum Gasteiger partial charge on any atom is 0.261 e. The quantitative estimate of drug-likeness (QED) is 0.850. The highest BCUT2D eigenvalue weighted by Crippen LogP contribution is 2.09. The molecule has 2 N–H and O–H groups in total. The van der Waals surface area contributed by atoms with E-state index in [0.717, 1.165) is 6.07 Å². The molecule has 0 saturated heterocycles. The average molecular weight is 338 g/mol. The lowest BCUT2D eigenvalue weighted by Crippen LogP contribution is -2.45. The smallest absolute Gasteiger partial charge is 0.261 e. The van der Waals surface area contributed by atoms with Gasteiger partial charge >= 0.3 is 0 Å². The minimum Gasteiger partial charge on any atom is -0.354 e. The molecule has 23 heavy (non-hydrogen) atoms. The second-order valence-electron chi connectivity index (χ2n) is 4.99. The van der Waals surface area contributed by atoms with Crippen molar-refractivity contribution in [2.45, 2.75) is 19.4 Å². The number of rotatable bonds is 6. The van der Waals surface area contributed by atoms with Crippen molar-refractivity contribution >= 4 is 23.2 Å². The van der Waals surface area contributed by atoms with Gasteiger partial charge in [0.2, 0.25) is 5.91 Å². The van der Waals surface area contributed by atoms with Gasteiger partial charge in [-0.1, -0.05) is 6.07 Å². The highest BCUT2D eigenvalue weighted by molar-refractivity contribution is 7.12. The Morgan fingerprint density at radius 2 is 1.91 bits per heavy atom. The van der Waals surface area contributed by atoms with Crippen LogP contribution in [0.1, 0.15) is 22.2 Å². The van der Waals surface area contributed by atoms with E-state index in [4.69, 9.17) is 0 Å². The molecule has 1 atom stereocenters. The Morgan fingerprint density at radius 1 is 1.22 bits per heavy atom. The predicted molar refractivity (Wildman–Crippen MR) is 84.3 cm³/mol. The fourth-order valence-corrected chi connectivity index (χ4v) is 2.61. The Bertz CT molecular complexity index is 669. The van der Waals surface area contributed by atoms with Crippen LogP contribution in [-0.4, -0.2) is 24.4 Å². The van der Waals surface area contributed by atoms with E-state index in [-0.39, 0.29) is 18.4 Å². The number of thiophene rings is 1. The van der Waals surface area contributed by atoms with E-state index in [9.17, 15) is 18.4 Å². The first kappa shape index (κ1) is 17.1. The first-order valence-electron chi connectivity index (χ1n) is 7.03. The molecule has 0 aliphatic rings. The second kappa shape index (κ2) is 7.82. The molecule has 2 rings (SSSR count). The number of carbonyl (C=O) groups excluding carboxylic acids is 2. The molecular weight excluding hydrogens is 322 g/mol. The van der Waals surface area contributed by atoms with Gasteiger partial charge in [-0.2, -0.15) is 0 Å². The van der Waals surface area contributed by atoms with Crippen molar-refractivity contribution < 1.29 is 18.4 Å². The number of hydrogen-bond acceptors (Lipinski definition) is 3. The zero-order chi connectivity index (χ0) is 16.8. The number of amides is 2. The molecule has 2 aromatic rings.